The minimum atomic E-state index is -3.68. The minimum Gasteiger partial charge on any atom is -0.492 e. The molecule has 144 valence electrons. The topological polar surface area (TPSA) is 55.8 Å². The van der Waals surface area contributed by atoms with Crippen LogP contribution in [-0.2, 0) is 14.8 Å². The van der Waals surface area contributed by atoms with Gasteiger partial charge in [0.15, 0.2) is 0 Å². The Morgan fingerprint density at radius 3 is 2.58 bits per heavy atom. The molecule has 1 aromatic carbocycles. The summed E-state index contributed by atoms with van der Waals surface area (Å²) in [6, 6.07) is 3.20. The van der Waals surface area contributed by atoms with E-state index >= 15 is 0 Å². The zero-order valence-electron chi connectivity index (χ0n) is 15.5. The van der Waals surface area contributed by atoms with Gasteiger partial charge >= 0.3 is 0 Å². The van der Waals surface area contributed by atoms with E-state index in [2.05, 4.69) is 13.0 Å². The monoisotopic (exact) mass is 399 g/mol. The second-order valence-electron chi connectivity index (χ2n) is 7.04. The molecule has 0 bridgehead atoms. The van der Waals surface area contributed by atoms with Crippen LogP contribution in [0, 0.1) is 6.92 Å². The van der Waals surface area contributed by atoms with Gasteiger partial charge in [0.1, 0.15) is 10.6 Å². The molecule has 1 fully saturated rings. The van der Waals surface area contributed by atoms with Gasteiger partial charge in [-0.05, 0) is 57.7 Å². The van der Waals surface area contributed by atoms with Crippen molar-refractivity contribution in [1.29, 1.82) is 0 Å². The maximum Gasteiger partial charge on any atom is 0.246 e. The zero-order valence-corrected chi connectivity index (χ0v) is 17.1. The molecule has 0 aliphatic carbocycles. The summed E-state index contributed by atoms with van der Waals surface area (Å²) in [6.07, 6.45) is 4.44. The summed E-state index contributed by atoms with van der Waals surface area (Å²) in [5, 5.41) is 0.426. The van der Waals surface area contributed by atoms with E-state index in [1.807, 2.05) is 13.8 Å². The van der Waals surface area contributed by atoms with Gasteiger partial charge in [0.2, 0.25) is 10.0 Å². The van der Waals surface area contributed by atoms with Crippen molar-refractivity contribution < 1.29 is 17.9 Å². The largest absolute Gasteiger partial charge is 0.492 e. The van der Waals surface area contributed by atoms with Crippen LogP contribution in [0.5, 0.6) is 5.75 Å². The van der Waals surface area contributed by atoms with Gasteiger partial charge in [-0.3, -0.25) is 0 Å². The Balaban J connectivity index is 1.86. The number of rotatable bonds is 4. The summed E-state index contributed by atoms with van der Waals surface area (Å²) < 4.78 is 39.5. The summed E-state index contributed by atoms with van der Waals surface area (Å²) in [5.74, 6) is 0.361. The molecule has 5 nitrogen and oxygen atoms in total. The highest BCUT2D eigenvalue weighted by atomic mass is 35.5. The van der Waals surface area contributed by atoms with Gasteiger partial charge in [0.05, 0.1) is 18.8 Å². The molecule has 26 heavy (non-hydrogen) atoms. The highest BCUT2D eigenvalue weighted by molar-refractivity contribution is 7.89. The number of halogens is 1. The summed E-state index contributed by atoms with van der Waals surface area (Å²) in [4.78, 5) is 0.141. The molecule has 0 aromatic heterocycles. The normalized spacial score (nSPS) is 20.8. The molecule has 2 aliphatic rings. The zero-order chi connectivity index (χ0) is 18.9. The number of hydrogen-bond donors (Lipinski definition) is 0. The van der Waals surface area contributed by atoms with E-state index in [0.717, 1.165) is 12.0 Å². The standard InChI is InChI=1S/C19H26ClNO4S/c1-4-24-17-11-15(3)16(20)12-18(17)26(22,23)21-8-6-19(7-9-21)13-14(2)5-10-25-19/h11-13H,4-10H2,1-3H3. The number of aryl methyl sites for hydroxylation is 1. The van der Waals surface area contributed by atoms with Gasteiger partial charge in [-0.25, -0.2) is 8.42 Å². The number of benzene rings is 1. The van der Waals surface area contributed by atoms with Crippen molar-refractivity contribution in [3.8, 4) is 5.75 Å². The number of hydrogen-bond acceptors (Lipinski definition) is 4. The molecule has 3 rings (SSSR count). The Morgan fingerprint density at radius 2 is 1.96 bits per heavy atom. The van der Waals surface area contributed by atoms with E-state index in [1.54, 1.807) is 6.07 Å². The molecule has 0 saturated carbocycles. The molecule has 2 heterocycles. The first-order chi connectivity index (χ1) is 12.3. The minimum absolute atomic E-state index is 0.141. The first kappa shape index (κ1) is 19.7. The van der Waals surface area contributed by atoms with Crippen LogP contribution in [0.1, 0.15) is 38.7 Å². The molecular formula is C19H26ClNO4S. The predicted molar refractivity (Wildman–Crippen MR) is 102 cm³/mol. The van der Waals surface area contributed by atoms with Crippen molar-refractivity contribution in [3.63, 3.8) is 0 Å². The van der Waals surface area contributed by atoms with Gasteiger partial charge in [-0.1, -0.05) is 23.3 Å². The molecule has 2 aliphatic heterocycles. The van der Waals surface area contributed by atoms with Crippen molar-refractivity contribution in [3.05, 3.63) is 34.4 Å². The van der Waals surface area contributed by atoms with Crippen LogP contribution in [0.15, 0.2) is 28.7 Å². The number of nitrogens with zero attached hydrogens (tertiary/aromatic N) is 1. The summed E-state index contributed by atoms with van der Waals surface area (Å²) in [7, 11) is -3.68. The molecule has 7 heteroatoms. The maximum atomic E-state index is 13.2. The van der Waals surface area contributed by atoms with Crippen molar-refractivity contribution in [2.45, 2.75) is 50.5 Å². The van der Waals surface area contributed by atoms with E-state index in [-0.39, 0.29) is 10.5 Å². The number of sulfonamides is 1. The van der Waals surface area contributed by atoms with Crippen LogP contribution < -0.4 is 4.74 Å². The Labute approximate surface area is 161 Å². The van der Waals surface area contributed by atoms with Gasteiger partial charge in [0.25, 0.3) is 0 Å². The molecule has 1 saturated heterocycles. The SMILES string of the molecule is CCOc1cc(C)c(Cl)cc1S(=O)(=O)N1CCC2(C=C(C)CCO2)CC1. The molecule has 0 N–H and O–H groups in total. The average molecular weight is 400 g/mol. The third-order valence-corrected chi connectivity index (χ3v) is 7.43. The van der Waals surface area contributed by atoms with Crippen LogP contribution in [0.2, 0.25) is 5.02 Å². The lowest BCUT2D eigenvalue weighted by molar-refractivity contribution is -0.0462. The Morgan fingerprint density at radius 1 is 1.27 bits per heavy atom. The van der Waals surface area contributed by atoms with Crippen LogP contribution in [-0.4, -0.2) is 44.6 Å². The fourth-order valence-electron chi connectivity index (χ4n) is 3.62. The Bertz CT molecular complexity index is 811. The van der Waals surface area contributed by atoms with E-state index in [1.165, 1.54) is 15.9 Å². The van der Waals surface area contributed by atoms with Gasteiger partial charge < -0.3 is 9.47 Å². The van der Waals surface area contributed by atoms with Crippen molar-refractivity contribution in [1.82, 2.24) is 4.31 Å². The van der Waals surface area contributed by atoms with E-state index < -0.39 is 10.0 Å². The summed E-state index contributed by atoms with van der Waals surface area (Å²) >= 11 is 6.20. The first-order valence-electron chi connectivity index (χ1n) is 9.03. The van der Waals surface area contributed by atoms with E-state index in [4.69, 9.17) is 21.1 Å². The molecule has 0 unspecified atom stereocenters. The predicted octanol–water partition coefficient (Wildman–Crippen LogP) is 3.94. The molecule has 1 aromatic rings. The third-order valence-electron chi connectivity index (χ3n) is 5.11. The molecular weight excluding hydrogens is 374 g/mol. The van der Waals surface area contributed by atoms with Crippen molar-refractivity contribution in [2.24, 2.45) is 0 Å². The van der Waals surface area contributed by atoms with Gasteiger partial charge in [0, 0.05) is 18.1 Å². The fourth-order valence-corrected chi connectivity index (χ4v) is 5.43. The highest BCUT2D eigenvalue weighted by Crippen LogP contribution is 2.37. The molecule has 1 spiro atoms. The molecule has 0 radical (unpaired) electrons. The van der Waals surface area contributed by atoms with Crippen LogP contribution >= 0.6 is 11.6 Å². The van der Waals surface area contributed by atoms with Gasteiger partial charge in [-0.15, -0.1) is 0 Å². The lowest BCUT2D eigenvalue weighted by Crippen LogP contribution is -2.48. The average Bonchev–Trinajstić information content (AvgIpc) is 2.58. The quantitative estimate of drug-likeness (QED) is 0.719. The Hall–Kier alpha value is -1.08. The smallest absolute Gasteiger partial charge is 0.246 e. The van der Waals surface area contributed by atoms with Crippen molar-refractivity contribution >= 4 is 21.6 Å². The lowest BCUT2D eigenvalue weighted by atomic mass is 9.88. The highest BCUT2D eigenvalue weighted by Gasteiger charge is 2.40. The molecule has 0 atom stereocenters. The van der Waals surface area contributed by atoms with Crippen LogP contribution in [0.3, 0.4) is 0 Å². The second kappa shape index (κ2) is 7.50. The third kappa shape index (κ3) is 3.79. The number of ether oxygens (including phenoxy) is 2. The molecule has 0 amide bonds. The Kier molecular flexibility index (Phi) is 5.68. The van der Waals surface area contributed by atoms with E-state index in [9.17, 15) is 8.42 Å². The van der Waals surface area contributed by atoms with Gasteiger partial charge in [-0.2, -0.15) is 4.31 Å². The number of piperidine rings is 1. The van der Waals surface area contributed by atoms with Crippen molar-refractivity contribution in [2.75, 3.05) is 26.3 Å². The summed E-state index contributed by atoms with van der Waals surface area (Å²) in [5.41, 5.74) is 1.79. The first-order valence-corrected chi connectivity index (χ1v) is 10.8. The maximum absolute atomic E-state index is 13.2. The lowest BCUT2D eigenvalue weighted by Gasteiger charge is -2.41. The van der Waals surface area contributed by atoms with Crippen LogP contribution in [0.4, 0.5) is 0 Å². The summed E-state index contributed by atoms with van der Waals surface area (Å²) in [6.45, 7) is 7.71. The fraction of sp³-hybridized carbons (Fsp3) is 0.579. The second-order valence-corrected chi connectivity index (χ2v) is 9.35. The van der Waals surface area contributed by atoms with Crippen LogP contribution in [0.25, 0.3) is 0 Å². The van der Waals surface area contributed by atoms with E-state index in [0.29, 0.717) is 49.9 Å².